The molecule has 5 nitrogen and oxygen atoms in total. The third-order valence-electron chi connectivity index (χ3n) is 2.39. The Morgan fingerprint density at radius 1 is 1.47 bits per heavy atom. The Morgan fingerprint density at radius 2 is 2.18 bits per heavy atom. The third kappa shape index (κ3) is 4.05. The molecule has 0 radical (unpaired) electrons. The number of carbonyl (C=O) groups is 1. The fourth-order valence-electron chi connectivity index (χ4n) is 1.51. The predicted octanol–water partition coefficient (Wildman–Crippen LogP) is 0.984. The summed E-state index contributed by atoms with van der Waals surface area (Å²) in [6, 6.07) is 7.10. The molecule has 94 valence electrons. The SMILES string of the molecule is COCC(C)CNC(=O)c1ccccc1NN. The molecule has 0 fully saturated rings. The first-order valence-electron chi connectivity index (χ1n) is 5.51. The van der Waals surface area contributed by atoms with Crippen LogP contribution in [0.3, 0.4) is 0 Å². The summed E-state index contributed by atoms with van der Waals surface area (Å²) in [6.45, 7) is 3.21. The van der Waals surface area contributed by atoms with Crippen LogP contribution in [0.15, 0.2) is 24.3 Å². The third-order valence-corrected chi connectivity index (χ3v) is 2.39. The van der Waals surface area contributed by atoms with E-state index >= 15 is 0 Å². The second kappa shape index (κ2) is 6.88. The maximum absolute atomic E-state index is 11.9. The van der Waals surface area contributed by atoms with Crippen molar-refractivity contribution in [1.29, 1.82) is 0 Å². The molecule has 0 heterocycles. The number of rotatable bonds is 6. The maximum Gasteiger partial charge on any atom is 0.253 e. The summed E-state index contributed by atoms with van der Waals surface area (Å²) in [5.41, 5.74) is 3.66. The highest BCUT2D eigenvalue weighted by molar-refractivity contribution is 5.99. The van der Waals surface area contributed by atoms with Crippen molar-refractivity contribution in [2.24, 2.45) is 11.8 Å². The summed E-state index contributed by atoms with van der Waals surface area (Å²) in [4.78, 5) is 11.9. The summed E-state index contributed by atoms with van der Waals surface area (Å²) < 4.78 is 5.00. The highest BCUT2D eigenvalue weighted by atomic mass is 16.5. The van der Waals surface area contributed by atoms with Gasteiger partial charge in [-0.3, -0.25) is 10.6 Å². The lowest BCUT2D eigenvalue weighted by Gasteiger charge is -2.13. The van der Waals surface area contributed by atoms with Crippen LogP contribution in [0.5, 0.6) is 0 Å². The molecule has 0 saturated carbocycles. The Kier molecular flexibility index (Phi) is 5.45. The van der Waals surface area contributed by atoms with Crippen molar-refractivity contribution in [3.63, 3.8) is 0 Å². The van der Waals surface area contributed by atoms with E-state index in [4.69, 9.17) is 10.6 Å². The fourth-order valence-corrected chi connectivity index (χ4v) is 1.51. The number of hydrogen-bond acceptors (Lipinski definition) is 4. The van der Waals surface area contributed by atoms with Gasteiger partial charge in [0.2, 0.25) is 0 Å². The van der Waals surface area contributed by atoms with Crippen LogP contribution in [-0.4, -0.2) is 26.2 Å². The molecule has 0 aliphatic carbocycles. The van der Waals surface area contributed by atoms with E-state index in [0.717, 1.165) is 0 Å². The average molecular weight is 237 g/mol. The molecule has 0 spiro atoms. The van der Waals surface area contributed by atoms with Gasteiger partial charge in [0.15, 0.2) is 0 Å². The van der Waals surface area contributed by atoms with Gasteiger partial charge in [-0.15, -0.1) is 0 Å². The van der Waals surface area contributed by atoms with Gasteiger partial charge in [-0.25, -0.2) is 0 Å². The zero-order valence-corrected chi connectivity index (χ0v) is 10.2. The molecule has 0 bridgehead atoms. The summed E-state index contributed by atoms with van der Waals surface area (Å²) in [7, 11) is 1.64. The van der Waals surface area contributed by atoms with E-state index in [0.29, 0.717) is 24.4 Å². The molecule has 1 aromatic rings. The Hall–Kier alpha value is -1.59. The van der Waals surface area contributed by atoms with Gasteiger partial charge in [-0.1, -0.05) is 19.1 Å². The van der Waals surface area contributed by atoms with E-state index in [-0.39, 0.29) is 11.8 Å². The van der Waals surface area contributed by atoms with Crippen LogP contribution in [0.2, 0.25) is 0 Å². The van der Waals surface area contributed by atoms with Crippen molar-refractivity contribution in [2.75, 3.05) is 25.7 Å². The number of anilines is 1. The van der Waals surface area contributed by atoms with E-state index in [9.17, 15) is 4.79 Å². The van der Waals surface area contributed by atoms with Crippen LogP contribution in [-0.2, 0) is 4.74 Å². The van der Waals surface area contributed by atoms with E-state index in [1.54, 1.807) is 25.3 Å². The summed E-state index contributed by atoms with van der Waals surface area (Å²) >= 11 is 0. The molecular formula is C12H19N3O2. The lowest BCUT2D eigenvalue weighted by Crippen LogP contribution is -2.30. The number of para-hydroxylation sites is 1. The first-order chi connectivity index (χ1) is 8.19. The lowest BCUT2D eigenvalue weighted by atomic mass is 10.1. The first-order valence-corrected chi connectivity index (χ1v) is 5.51. The van der Waals surface area contributed by atoms with Crippen LogP contribution in [0, 0.1) is 5.92 Å². The van der Waals surface area contributed by atoms with E-state index in [2.05, 4.69) is 10.7 Å². The van der Waals surface area contributed by atoms with Crippen molar-refractivity contribution in [3.05, 3.63) is 29.8 Å². The van der Waals surface area contributed by atoms with Gasteiger partial charge in [-0.05, 0) is 18.1 Å². The van der Waals surface area contributed by atoms with Gasteiger partial charge in [0.1, 0.15) is 0 Å². The van der Waals surface area contributed by atoms with Crippen LogP contribution < -0.4 is 16.6 Å². The monoisotopic (exact) mass is 237 g/mol. The fraction of sp³-hybridized carbons (Fsp3) is 0.417. The molecule has 0 aliphatic heterocycles. The van der Waals surface area contributed by atoms with Crippen molar-refractivity contribution < 1.29 is 9.53 Å². The Bertz CT molecular complexity index is 369. The maximum atomic E-state index is 11.9. The second-order valence-corrected chi connectivity index (χ2v) is 3.96. The number of benzene rings is 1. The van der Waals surface area contributed by atoms with E-state index in [1.807, 2.05) is 13.0 Å². The van der Waals surface area contributed by atoms with Gasteiger partial charge in [0.05, 0.1) is 17.9 Å². The highest BCUT2D eigenvalue weighted by Crippen LogP contribution is 2.13. The molecule has 0 aromatic heterocycles. The van der Waals surface area contributed by atoms with Gasteiger partial charge in [0.25, 0.3) is 5.91 Å². The standard InChI is InChI=1S/C12H19N3O2/c1-9(8-17-2)7-14-12(16)10-5-3-4-6-11(10)15-13/h3-6,9,15H,7-8,13H2,1-2H3,(H,14,16). The predicted molar refractivity (Wildman–Crippen MR) is 67.6 cm³/mol. The quantitative estimate of drug-likeness (QED) is 0.509. The molecule has 17 heavy (non-hydrogen) atoms. The minimum absolute atomic E-state index is 0.137. The van der Waals surface area contributed by atoms with Crippen LogP contribution in [0.1, 0.15) is 17.3 Å². The molecular weight excluding hydrogens is 218 g/mol. The second-order valence-electron chi connectivity index (χ2n) is 3.96. The zero-order valence-electron chi connectivity index (χ0n) is 10.2. The number of carbonyl (C=O) groups excluding carboxylic acids is 1. The smallest absolute Gasteiger partial charge is 0.253 e. The number of nitrogens with one attached hydrogen (secondary N) is 2. The van der Waals surface area contributed by atoms with E-state index in [1.165, 1.54) is 0 Å². The molecule has 1 unspecified atom stereocenters. The normalized spacial score (nSPS) is 11.9. The van der Waals surface area contributed by atoms with Gasteiger partial charge >= 0.3 is 0 Å². The van der Waals surface area contributed by atoms with Crippen LogP contribution in [0.4, 0.5) is 5.69 Å². The molecule has 1 amide bonds. The molecule has 4 N–H and O–H groups in total. The largest absolute Gasteiger partial charge is 0.384 e. The summed E-state index contributed by atoms with van der Waals surface area (Å²) in [6.07, 6.45) is 0. The number of nitrogen functional groups attached to an aromatic ring is 1. The lowest BCUT2D eigenvalue weighted by molar-refractivity contribution is 0.0935. The van der Waals surface area contributed by atoms with Crippen LogP contribution >= 0.6 is 0 Å². The summed E-state index contributed by atoms with van der Waals surface area (Å²) in [5, 5.41) is 2.84. The molecule has 1 atom stereocenters. The Morgan fingerprint density at radius 3 is 2.82 bits per heavy atom. The van der Waals surface area contributed by atoms with Gasteiger partial charge in [-0.2, -0.15) is 0 Å². The molecule has 1 rings (SSSR count). The number of hydrazine groups is 1. The molecule has 0 saturated heterocycles. The molecule has 1 aromatic carbocycles. The van der Waals surface area contributed by atoms with E-state index < -0.39 is 0 Å². The van der Waals surface area contributed by atoms with Gasteiger partial charge < -0.3 is 15.5 Å². The minimum Gasteiger partial charge on any atom is -0.384 e. The van der Waals surface area contributed by atoms with Crippen LogP contribution in [0.25, 0.3) is 0 Å². The van der Waals surface area contributed by atoms with Crippen molar-refractivity contribution in [3.8, 4) is 0 Å². The first kappa shape index (κ1) is 13.5. The topological polar surface area (TPSA) is 76.4 Å². The average Bonchev–Trinajstić information content (AvgIpc) is 2.36. The molecule has 5 heteroatoms. The van der Waals surface area contributed by atoms with Crippen molar-refractivity contribution in [2.45, 2.75) is 6.92 Å². The van der Waals surface area contributed by atoms with Crippen molar-refractivity contribution in [1.82, 2.24) is 5.32 Å². The number of ether oxygens (including phenoxy) is 1. The minimum atomic E-state index is -0.137. The zero-order chi connectivity index (χ0) is 12.7. The number of nitrogens with two attached hydrogens (primary N) is 1. The number of hydrogen-bond donors (Lipinski definition) is 3. The highest BCUT2D eigenvalue weighted by Gasteiger charge is 2.11. The number of methoxy groups -OCH3 is 1. The summed E-state index contributed by atoms with van der Waals surface area (Å²) in [5.74, 6) is 5.48. The Balaban J connectivity index is 2.58. The number of amides is 1. The Labute approximate surface area is 101 Å². The molecule has 0 aliphatic rings. The van der Waals surface area contributed by atoms with Crippen molar-refractivity contribution >= 4 is 11.6 Å². The van der Waals surface area contributed by atoms with Gasteiger partial charge in [0, 0.05) is 13.7 Å².